The highest BCUT2D eigenvalue weighted by Crippen LogP contribution is 1.95. The Labute approximate surface area is 55.1 Å². The molecule has 1 unspecified atom stereocenters. The van der Waals surface area contributed by atoms with Gasteiger partial charge in [-0.25, -0.2) is 0 Å². The lowest BCUT2D eigenvalue weighted by molar-refractivity contribution is 0.243. The van der Waals surface area contributed by atoms with Crippen LogP contribution in [0.25, 0.3) is 0 Å². The van der Waals surface area contributed by atoms with Gasteiger partial charge in [0.15, 0.2) is 0 Å². The number of amidine groups is 1. The number of methoxy groups -OCH3 is 1. The predicted molar refractivity (Wildman–Crippen MR) is 36.8 cm³/mol. The van der Waals surface area contributed by atoms with E-state index in [-0.39, 0.29) is 0 Å². The lowest BCUT2D eigenvalue weighted by Gasteiger charge is -1.96. The van der Waals surface area contributed by atoms with Crippen molar-refractivity contribution in [1.29, 1.82) is 0 Å². The minimum absolute atomic E-state index is 0.426. The molecule has 0 aromatic carbocycles. The van der Waals surface area contributed by atoms with Crippen LogP contribution in [0.5, 0.6) is 0 Å². The number of hydrogen-bond acceptors (Lipinski definition) is 3. The van der Waals surface area contributed by atoms with Crippen molar-refractivity contribution >= 4 is 5.84 Å². The SMILES string of the molecule is COCC1=NC(C)CN1. The Morgan fingerprint density at radius 2 is 2.67 bits per heavy atom. The van der Waals surface area contributed by atoms with E-state index in [1.54, 1.807) is 7.11 Å². The third kappa shape index (κ3) is 1.68. The van der Waals surface area contributed by atoms with Crippen molar-refractivity contribution in [1.82, 2.24) is 5.32 Å². The minimum atomic E-state index is 0.426. The first kappa shape index (κ1) is 6.55. The van der Waals surface area contributed by atoms with E-state index in [4.69, 9.17) is 4.74 Å². The monoisotopic (exact) mass is 128 g/mol. The Kier molecular flexibility index (Phi) is 2.05. The van der Waals surface area contributed by atoms with E-state index in [2.05, 4.69) is 17.2 Å². The Morgan fingerprint density at radius 3 is 3.11 bits per heavy atom. The summed E-state index contributed by atoms with van der Waals surface area (Å²) in [5.74, 6) is 0.977. The van der Waals surface area contributed by atoms with Gasteiger partial charge in [0.2, 0.25) is 0 Å². The van der Waals surface area contributed by atoms with Gasteiger partial charge in [0, 0.05) is 13.7 Å². The molecule has 0 saturated heterocycles. The highest BCUT2D eigenvalue weighted by Gasteiger charge is 2.09. The summed E-state index contributed by atoms with van der Waals surface area (Å²) in [5.41, 5.74) is 0. The molecule has 1 atom stereocenters. The number of rotatable bonds is 2. The molecule has 0 radical (unpaired) electrons. The summed E-state index contributed by atoms with van der Waals surface area (Å²) >= 11 is 0. The molecule has 0 fully saturated rings. The Balaban J connectivity index is 2.33. The second-order valence-corrected chi connectivity index (χ2v) is 2.24. The molecule has 1 heterocycles. The standard InChI is InChI=1S/C6H12N2O/c1-5-3-7-6(8-5)4-9-2/h5H,3-4H2,1-2H3,(H,7,8). The number of aliphatic imine (C=N–C) groups is 1. The summed E-state index contributed by atoms with van der Waals surface area (Å²) in [6, 6.07) is 0.426. The quantitative estimate of drug-likeness (QED) is 0.569. The third-order valence-electron chi connectivity index (χ3n) is 1.26. The zero-order chi connectivity index (χ0) is 6.69. The van der Waals surface area contributed by atoms with Crippen LogP contribution in [-0.4, -0.2) is 32.1 Å². The van der Waals surface area contributed by atoms with Crippen molar-refractivity contribution in [3.05, 3.63) is 0 Å². The van der Waals surface area contributed by atoms with Crippen molar-refractivity contribution in [2.24, 2.45) is 4.99 Å². The molecule has 1 rings (SSSR count). The third-order valence-corrected chi connectivity index (χ3v) is 1.26. The predicted octanol–water partition coefficient (Wildman–Crippen LogP) is 0.0230. The van der Waals surface area contributed by atoms with Crippen LogP contribution < -0.4 is 5.32 Å². The first-order valence-corrected chi connectivity index (χ1v) is 3.12. The molecule has 3 nitrogen and oxygen atoms in total. The van der Waals surface area contributed by atoms with Crippen molar-refractivity contribution in [3.8, 4) is 0 Å². The van der Waals surface area contributed by atoms with E-state index in [9.17, 15) is 0 Å². The average Bonchev–Trinajstić information content (AvgIpc) is 2.17. The van der Waals surface area contributed by atoms with Gasteiger partial charge in [-0.1, -0.05) is 0 Å². The Hall–Kier alpha value is -0.570. The Bertz CT molecular complexity index is 122. The van der Waals surface area contributed by atoms with Crippen LogP contribution in [0, 0.1) is 0 Å². The van der Waals surface area contributed by atoms with Gasteiger partial charge in [-0.15, -0.1) is 0 Å². The molecule has 0 spiro atoms. The van der Waals surface area contributed by atoms with Crippen molar-refractivity contribution < 1.29 is 4.74 Å². The molecule has 1 aliphatic rings. The average molecular weight is 128 g/mol. The largest absolute Gasteiger partial charge is 0.377 e. The van der Waals surface area contributed by atoms with Crippen LogP contribution in [0.1, 0.15) is 6.92 Å². The van der Waals surface area contributed by atoms with Crippen LogP contribution in [0.3, 0.4) is 0 Å². The molecule has 1 aliphatic heterocycles. The molecule has 0 aliphatic carbocycles. The fourth-order valence-electron chi connectivity index (χ4n) is 0.848. The van der Waals surface area contributed by atoms with E-state index >= 15 is 0 Å². The molecule has 52 valence electrons. The number of hydrogen-bond donors (Lipinski definition) is 1. The van der Waals surface area contributed by atoms with Crippen LogP contribution in [0.2, 0.25) is 0 Å². The lowest BCUT2D eigenvalue weighted by Crippen LogP contribution is -2.23. The summed E-state index contributed by atoms with van der Waals surface area (Å²) in [6.45, 7) is 3.65. The minimum Gasteiger partial charge on any atom is -0.377 e. The molecule has 0 aromatic rings. The number of nitrogens with zero attached hydrogens (tertiary/aromatic N) is 1. The first-order valence-electron chi connectivity index (χ1n) is 3.12. The van der Waals surface area contributed by atoms with Crippen LogP contribution in [0.4, 0.5) is 0 Å². The van der Waals surface area contributed by atoms with Crippen molar-refractivity contribution in [3.63, 3.8) is 0 Å². The molecule has 3 heteroatoms. The maximum Gasteiger partial charge on any atom is 0.123 e. The van der Waals surface area contributed by atoms with Gasteiger partial charge in [-0.05, 0) is 6.92 Å². The van der Waals surface area contributed by atoms with Crippen LogP contribution >= 0.6 is 0 Å². The van der Waals surface area contributed by atoms with Gasteiger partial charge in [0.1, 0.15) is 12.4 Å². The van der Waals surface area contributed by atoms with Gasteiger partial charge in [0.25, 0.3) is 0 Å². The second-order valence-electron chi connectivity index (χ2n) is 2.24. The van der Waals surface area contributed by atoms with Gasteiger partial charge in [0.05, 0.1) is 6.04 Å². The molecule has 0 saturated carbocycles. The summed E-state index contributed by atoms with van der Waals surface area (Å²) in [7, 11) is 1.67. The molecular weight excluding hydrogens is 116 g/mol. The lowest BCUT2D eigenvalue weighted by atomic mass is 10.4. The molecule has 1 N–H and O–H groups in total. The summed E-state index contributed by atoms with van der Waals surface area (Å²) in [4.78, 5) is 4.26. The smallest absolute Gasteiger partial charge is 0.123 e. The zero-order valence-electron chi connectivity index (χ0n) is 5.85. The summed E-state index contributed by atoms with van der Waals surface area (Å²) in [5, 5.41) is 3.13. The van der Waals surface area contributed by atoms with E-state index in [1.807, 2.05) is 0 Å². The van der Waals surface area contributed by atoms with E-state index in [0.29, 0.717) is 12.6 Å². The molecule has 0 aromatic heterocycles. The Morgan fingerprint density at radius 1 is 1.89 bits per heavy atom. The van der Waals surface area contributed by atoms with Gasteiger partial charge < -0.3 is 10.1 Å². The van der Waals surface area contributed by atoms with Gasteiger partial charge >= 0.3 is 0 Å². The summed E-state index contributed by atoms with van der Waals surface area (Å²) < 4.78 is 4.88. The van der Waals surface area contributed by atoms with Crippen molar-refractivity contribution in [2.45, 2.75) is 13.0 Å². The highest BCUT2D eigenvalue weighted by atomic mass is 16.5. The second kappa shape index (κ2) is 2.82. The number of nitrogens with one attached hydrogen (secondary N) is 1. The molecule has 9 heavy (non-hydrogen) atoms. The maximum absolute atomic E-state index is 4.88. The van der Waals surface area contributed by atoms with Gasteiger partial charge in [-0.2, -0.15) is 0 Å². The number of ether oxygens (including phenoxy) is 1. The van der Waals surface area contributed by atoms with Gasteiger partial charge in [-0.3, -0.25) is 4.99 Å². The molecule has 0 bridgehead atoms. The van der Waals surface area contributed by atoms with Crippen LogP contribution in [-0.2, 0) is 4.74 Å². The zero-order valence-corrected chi connectivity index (χ0v) is 5.85. The van der Waals surface area contributed by atoms with E-state index < -0.39 is 0 Å². The fraction of sp³-hybridized carbons (Fsp3) is 0.833. The maximum atomic E-state index is 4.88. The highest BCUT2D eigenvalue weighted by molar-refractivity contribution is 5.85. The van der Waals surface area contributed by atoms with Crippen LogP contribution in [0.15, 0.2) is 4.99 Å². The molecule has 0 amide bonds. The summed E-state index contributed by atoms with van der Waals surface area (Å²) in [6.07, 6.45) is 0. The molecular formula is C6H12N2O. The topological polar surface area (TPSA) is 33.6 Å². The normalized spacial score (nSPS) is 25.6. The fourth-order valence-corrected chi connectivity index (χ4v) is 0.848. The van der Waals surface area contributed by atoms with E-state index in [0.717, 1.165) is 12.4 Å². The van der Waals surface area contributed by atoms with E-state index in [1.165, 1.54) is 0 Å². The first-order chi connectivity index (χ1) is 4.33. The van der Waals surface area contributed by atoms with Crippen molar-refractivity contribution in [2.75, 3.05) is 20.3 Å².